The van der Waals surface area contributed by atoms with E-state index in [0.29, 0.717) is 35.6 Å². The fraction of sp³-hybridized carbons (Fsp3) is 0.350. The lowest BCUT2D eigenvalue weighted by Crippen LogP contribution is -2.36. The number of rotatable bonds is 5. The van der Waals surface area contributed by atoms with Crippen molar-refractivity contribution >= 4 is 46.0 Å². The maximum absolute atomic E-state index is 12.3. The second-order valence-corrected chi connectivity index (χ2v) is 8.39. The lowest BCUT2D eigenvalue weighted by Gasteiger charge is -2.26. The molecule has 0 radical (unpaired) electrons. The van der Waals surface area contributed by atoms with E-state index in [0.717, 1.165) is 22.6 Å². The van der Waals surface area contributed by atoms with E-state index in [-0.39, 0.29) is 11.8 Å². The lowest BCUT2D eigenvalue weighted by atomic mass is 10.1. The number of hydrogen-bond acceptors (Lipinski definition) is 4. The summed E-state index contributed by atoms with van der Waals surface area (Å²) < 4.78 is 0. The number of amides is 2. The van der Waals surface area contributed by atoms with Gasteiger partial charge in [-0.15, -0.1) is 0 Å². The minimum absolute atomic E-state index is 0.178. The van der Waals surface area contributed by atoms with Gasteiger partial charge >= 0.3 is 0 Å². The molecule has 0 saturated carbocycles. The van der Waals surface area contributed by atoms with Crippen molar-refractivity contribution in [1.29, 1.82) is 0 Å². The lowest BCUT2D eigenvalue weighted by molar-refractivity contribution is -0.132. The summed E-state index contributed by atoms with van der Waals surface area (Å²) >= 11 is 7.51. The Bertz CT molecular complexity index is 876. The molecule has 0 bridgehead atoms. The molecule has 5 nitrogen and oxygen atoms in total. The van der Waals surface area contributed by atoms with Crippen LogP contribution in [0.15, 0.2) is 30.3 Å². The van der Waals surface area contributed by atoms with Gasteiger partial charge < -0.3 is 4.90 Å². The molecule has 1 aromatic carbocycles. The van der Waals surface area contributed by atoms with Gasteiger partial charge in [-0.25, -0.2) is 4.98 Å². The molecule has 1 aromatic heterocycles. The van der Waals surface area contributed by atoms with Crippen LogP contribution in [0.4, 0.5) is 5.13 Å². The summed E-state index contributed by atoms with van der Waals surface area (Å²) in [4.78, 5) is 31.9. The second kappa shape index (κ2) is 8.67. The number of aromatic nitrogens is 1. The highest BCUT2D eigenvalue weighted by atomic mass is 35.5. The van der Waals surface area contributed by atoms with Gasteiger partial charge in [0.2, 0.25) is 11.8 Å². The molecule has 0 fully saturated rings. The first-order chi connectivity index (χ1) is 12.9. The van der Waals surface area contributed by atoms with Crippen molar-refractivity contribution in [3.63, 3.8) is 0 Å². The van der Waals surface area contributed by atoms with Gasteiger partial charge in [0.05, 0.1) is 12.2 Å². The standard InChI is InChI=1S/C20H22ClN3O2S/c1-13(2)11-19(26)24-10-9-16-17(12-24)27-20(22-16)23-18(25)8-7-14-5-3-4-6-15(14)21/h3-8,13H,9-12H2,1-2H3,(H,22,23,25)/b8-7+. The largest absolute Gasteiger partial charge is 0.337 e. The number of fused-ring (bicyclic) bond motifs is 1. The number of thiazole rings is 1. The van der Waals surface area contributed by atoms with E-state index < -0.39 is 0 Å². The fourth-order valence-electron chi connectivity index (χ4n) is 2.86. The van der Waals surface area contributed by atoms with Crippen LogP contribution in [0.25, 0.3) is 6.08 Å². The average Bonchev–Trinajstić information content (AvgIpc) is 3.01. The molecule has 0 atom stereocenters. The summed E-state index contributed by atoms with van der Waals surface area (Å²) in [5, 5.41) is 3.96. The molecule has 7 heteroatoms. The molecule has 2 aromatic rings. The molecule has 1 aliphatic rings. The summed E-state index contributed by atoms with van der Waals surface area (Å²) in [6, 6.07) is 7.33. The highest BCUT2D eigenvalue weighted by Crippen LogP contribution is 2.29. The minimum Gasteiger partial charge on any atom is -0.337 e. The third-order valence-electron chi connectivity index (χ3n) is 4.22. The Morgan fingerprint density at radius 1 is 1.37 bits per heavy atom. The van der Waals surface area contributed by atoms with Crippen LogP contribution < -0.4 is 5.32 Å². The van der Waals surface area contributed by atoms with E-state index in [4.69, 9.17) is 11.6 Å². The van der Waals surface area contributed by atoms with Gasteiger partial charge in [0.1, 0.15) is 0 Å². The third kappa shape index (κ3) is 5.17. The first kappa shape index (κ1) is 19.6. The quantitative estimate of drug-likeness (QED) is 0.753. The van der Waals surface area contributed by atoms with Crippen LogP contribution in [0.2, 0.25) is 5.02 Å². The van der Waals surface area contributed by atoms with Gasteiger partial charge in [-0.3, -0.25) is 14.9 Å². The number of benzene rings is 1. The van der Waals surface area contributed by atoms with Crippen molar-refractivity contribution in [2.24, 2.45) is 5.92 Å². The zero-order chi connectivity index (χ0) is 19.4. The Labute approximate surface area is 168 Å². The van der Waals surface area contributed by atoms with Gasteiger partial charge in [-0.2, -0.15) is 0 Å². The van der Waals surface area contributed by atoms with E-state index in [1.807, 2.05) is 36.9 Å². The van der Waals surface area contributed by atoms with Gasteiger partial charge in [-0.05, 0) is 23.6 Å². The smallest absolute Gasteiger partial charge is 0.250 e. The van der Waals surface area contributed by atoms with Crippen LogP contribution >= 0.6 is 22.9 Å². The number of hydrogen-bond donors (Lipinski definition) is 1. The zero-order valence-corrected chi connectivity index (χ0v) is 16.9. The molecule has 3 rings (SSSR count). The van der Waals surface area contributed by atoms with Crippen LogP contribution in [-0.2, 0) is 22.6 Å². The van der Waals surface area contributed by atoms with Crippen LogP contribution in [0.3, 0.4) is 0 Å². The maximum atomic E-state index is 12.3. The number of anilines is 1. The molecular weight excluding hydrogens is 382 g/mol. The second-order valence-electron chi connectivity index (χ2n) is 6.90. The Hall–Kier alpha value is -2.18. The molecule has 0 spiro atoms. The van der Waals surface area contributed by atoms with Crippen LogP contribution in [0, 0.1) is 5.92 Å². The van der Waals surface area contributed by atoms with Crippen LogP contribution in [0.1, 0.15) is 36.4 Å². The molecular formula is C20H22ClN3O2S. The average molecular weight is 404 g/mol. The molecule has 0 unspecified atom stereocenters. The van der Waals surface area contributed by atoms with E-state index in [1.165, 1.54) is 17.4 Å². The number of nitrogens with one attached hydrogen (secondary N) is 1. The van der Waals surface area contributed by atoms with Crippen molar-refractivity contribution < 1.29 is 9.59 Å². The van der Waals surface area contributed by atoms with Crippen molar-refractivity contribution in [1.82, 2.24) is 9.88 Å². The first-order valence-electron chi connectivity index (χ1n) is 8.92. The molecule has 2 heterocycles. The predicted molar refractivity (Wildman–Crippen MR) is 110 cm³/mol. The summed E-state index contributed by atoms with van der Waals surface area (Å²) in [7, 11) is 0. The SMILES string of the molecule is CC(C)CC(=O)N1CCc2nc(NC(=O)/C=C/c3ccccc3Cl)sc2C1. The van der Waals surface area contributed by atoms with Gasteiger partial charge in [0.15, 0.2) is 5.13 Å². The zero-order valence-electron chi connectivity index (χ0n) is 15.4. The minimum atomic E-state index is -0.256. The maximum Gasteiger partial charge on any atom is 0.250 e. The topological polar surface area (TPSA) is 62.3 Å². The van der Waals surface area contributed by atoms with E-state index in [9.17, 15) is 9.59 Å². The predicted octanol–water partition coefficient (Wildman–Crippen LogP) is 4.38. The molecule has 1 N–H and O–H groups in total. The number of nitrogens with zero attached hydrogens (tertiary/aromatic N) is 2. The van der Waals surface area contributed by atoms with Crippen LogP contribution in [-0.4, -0.2) is 28.2 Å². The van der Waals surface area contributed by atoms with Gasteiger partial charge in [0.25, 0.3) is 0 Å². The first-order valence-corrected chi connectivity index (χ1v) is 10.1. The summed E-state index contributed by atoms with van der Waals surface area (Å²) in [6.07, 6.45) is 4.41. The van der Waals surface area contributed by atoms with Crippen LogP contribution in [0.5, 0.6) is 0 Å². The van der Waals surface area contributed by atoms with E-state index >= 15 is 0 Å². The monoisotopic (exact) mass is 403 g/mol. The highest BCUT2D eigenvalue weighted by molar-refractivity contribution is 7.15. The molecule has 2 amide bonds. The van der Waals surface area contributed by atoms with Crippen molar-refractivity contribution in [2.45, 2.75) is 33.2 Å². The van der Waals surface area contributed by atoms with Crippen molar-refractivity contribution in [3.8, 4) is 0 Å². The summed E-state index contributed by atoms with van der Waals surface area (Å²) in [5.41, 5.74) is 1.76. The molecule has 142 valence electrons. The molecule has 0 saturated heterocycles. The Morgan fingerprint density at radius 2 is 2.15 bits per heavy atom. The highest BCUT2D eigenvalue weighted by Gasteiger charge is 2.24. The third-order valence-corrected chi connectivity index (χ3v) is 5.56. The normalized spacial score (nSPS) is 13.9. The Kier molecular flexibility index (Phi) is 6.29. The summed E-state index contributed by atoms with van der Waals surface area (Å²) in [6.45, 7) is 5.35. The molecule has 1 aliphatic heterocycles. The fourth-order valence-corrected chi connectivity index (χ4v) is 4.09. The number of halogens is 1. The van der Waals surface area contributed by atoms with Crippen molar-refractivity contribution in [3.05, 3.63) is 51.5 Å². The van der Waals surface area contributed by atoms with E-state index in [1.54, 1.807) is 12.1 Å². The Balaban J connectivity index is 1.62. The number of carbonyl (C=O) groups is 2. The Morgan fingerprint density at radius 3 is 2.89 bits per heavy atom. The molecule has 0 aliphatic carbocycles. The van der Waals surface area contributed by atoms with Gasteiger partial charge in [0, 0.05) is 35.4 Å². The summed E-state index contributed by atoms with van der Waals surface area (Å²) in [5.74, 6) is 0.270. The number of carbonyl (C=O) groups excluding carboxylic acids is 2. The van der Waals surface area contributed by atoms with E-state index in [2.05, 4.69) is 10.3 Å². The van der Waals surface area contributed by atoms with Gasteiger partial charge in [-0.1, -0.05) is 55.0 Å². The molecule has 27 heavy (non-hydrogen) atoms. The van der Waals surface area contributed by atoms with Crippen molar-refractivity contribution in [2.75, 3.05) is 11.9 Å².